The van der Waals surface area contributed by atoms with Gasteiger partial charge in [0.05, 0.1) is 19.3 Å². The van der Waals surface area contributed by atoms with E-state index < -0.39 is 193 Å². The van der Waals surface area contributed by atoms with Gasteiger partial charge in [0, 0.05) is 13.0 Å². The van der Waals surface area contributed by atoms with Crippen molar-refractivity contribution in [3.63, 3.8) is 0 Å². The summed E-state index contributed by atoms with van der Waals surface area (Å²) in [6.45, 7) is 16.5. The van der Waals surface area contributed by atoms with Crippen LogP contribution in [0.25, 0.3) is 0 Å². The Balaban J connectivity index is 2.48. The average Bonchev–Trinajstić information content (AvgIpc) is 1.89. The van der Waals surface area contributed by atoms with E-state index in [-0.39, 0.29) is 50.5 Å². The molecule has 512 valence electrons. The fourth-order valence-corrected chi connectivity index (χ4v) is 9.70. The molecule has 91 heavy (non-hydrogen) atoms. The number of amides is 11. The van der Waals surface area contributed by atoms with E-state index in [0.717, 1.165) is 5.56 Å². The van der Waals surface area contributed by atoms with Crippen molar-refractivity contribution in [1.29, 1.82) is 5.41 Å². The fourth-order valence-electron chi connectivity index (χ4n) is 9.70. The van der Waals surface area contributed by atoms with Gasteiger partial charge in [-0.3, -0.25) is 58.1 Å². The number of likely N-dealkylation sites (N-methyl/N-ethyl adjacent to an activating group) is 1. The summed E-state index contributed by atoms with van der Waals surface area (Å²) >= 11 is 0. The molecule has 19 N–H and O–H groups in total. The number of guanidine groups is 1. The van der Waals surface area contributed by atoms with Crippen LogP contribution in [0.5, 0.6) is 0 Å². The molecule has 0 spiro atoms. The number of aliphatic hydroxyl groups is 2. The van der Waals surface area contributed by atoms with E-state index >= 15 is 0 Å². The molecule has 1 saturated heterocycles. The van der Waals surface area contributed by atoms with Gasteiger partial charge in [-0.15, -0.1) is 0 Å². The summed E-state index contributed by atoms with van der Waals surface area (Å²) in [6.07, 6.45) is -0.564. The minimum absolute atomic E-state index is 0.0752. The van der Waals surface area contributed by atoms with Crippen molar-refractivity contribution in [1.82, 2.24) is 63.8 Å². The van der Waals surface area contributed by atoms with Crippen molar-refractivity contribution in [2.75, 3.05) is 26.8 Å². The van der Waals surface area contributed by atoms with Crippen LogP contribution in [0.4, 0.5) is 0 Å². The molecule has 0 aliphatic carbocycles. The van der Waals surface area contributed by atoms with Crippen LogP contribution in [0.3, 0.4) is 0 Å². The minimum atomic E-state index is -1.85. The number of nitrogens with two attached hydrogens (primary N) is 2. The molecule has 1 fully saturated rings. The van der Waals surface area contributed by atoms with Crippen LogP contribution >= 0.6 is 0 Å². The number of carbonyl (C=O) groups excluding carboxylic acids is 12. The molecule has 30 heteroatoms. The molecule has 1 heterocycles. The molecule has 1 aromatic carbocycles. The van der Waals surface area contributed by atoms with Crippen LogP contribution in [-0.2, 0) is 68.7 Å². The summed E-state index contributed by atoms with van der Waals surface area (Å²) in [7, 11) is 1.60. The van der Waals surface area contributed by atoms with Crippen LogP contribution in [0.2, 0.25) is 0 Å². The van der Waals surface area contributed by atoms with Crippen molar-refractivity contribution < 1.29 is 72.5 Å². The molecule has 0 bridgehead atoms. The van der Waals surface area contributed by atoms with Crippen LogP contribution in [0, 0.1) is 35.0 Å². The van der Waals surface area contributed by atoms with Crippen molar-refractivity contribution in [2.45, 2.75) is 213 Å². The maximum absolute atomic E-state index is 14.5. The number of hydrogen-bond acceptors (Lipinski definition) is 17. The normalized spacial score (nSPS) is 20.8. The van der Waals surface area contributed by atoms with E-state index in [4.69, 9.17) is 21.6 Å². The van der Waals surface area contributed by atoms with Crippen molar-refractivity contribution in [3.8, 4) is 0 Å². The number of cyclic esters (lactones) is 1. The molecule has 0 unspecified atom stereocenters. The first-order valence-corrected chi connectivity index (χ1v) is 31.4. The van der Waals surface area contributed by atoms with Crippen molar-refractivity contribution in [2.24, 2.45) is 41.1 Å². The van der Waals surface area contributed by atoms with Gasteiger partial charge in [0.15, 0.2) is 5.96 Å². The molecule has 1 aliphatic heterocycles. The Morgan fingerprint density at radius 3 is 1.54 bits per heavy atom. The summed E-state index contributed by atoms with van der Waals surface area (Å²) in [5, 5.41) is 59.9. The highest BCUT2D eigenvalue weighted by Gasteiger charge is 2.41. The Kier molecular flexibility index (Phi) is 34.8. The van der Waals surface area contributed by atoms with Gasteiger partial charge in [-0.05, 0) is 81.2 Å². The van der Waals surface area contributed by atoms with Crippen molar-refractivity contribution >= 4 is 76.9 Å². The van der Waals surface area contributed by atoms with E-state index in [0.29, 0.717) is 19.3 Å². The number of primary amides is 1. The zero-order chi connectivity index (χ0) is 68.8. The maximum Gasteiger partial charge on any atom is 0.329 e. The molecule has 0 radical (unpaired) electrons. The van der Waals surface area contributed by atoms with Gasteiger partial charge in [-0.25, -0.2) is 4.79 Å². The number of ether oxygens (including phenoxy) is 1. The Morgan fingerprint density at radius 2 is 1.07 bits per heavy atom. The van der Waals surface area contributed by atoms with E-state index in [2.05, 4.69) is 63.8 Å². The maximum atomic E-state index is 14.5. The second-order valence-corrected chi connectivity index (χ2v) is 23.9. The molecule has 11 amide bonds. The van der Waals surface area contributed by atoms with Gasteiger partial charge in [-0.2, -0.15) is 0 Å². The number of benzene rings is 1. The number of rotatable bonds is 36. The standard InChI is InChI=1S/C61H103N15O15/c1-13-32(7)45(73-52(82)40(65-12)28-37-21-18-17-19-22-37)56(86)70-42(29-77)54(84)67-39(24-25-44(62)79)51(81)72-47(34(9)15-3)58(88)74-46(33(8)14-2)57(87)71-43(30-78)55(85)76-49-36(11)91-60(90)48(35(10)16-4)75-53(83)41(27-31(5)6)69-50(80)38(68-59(49)89)23-20-26-66-61(63)64/h17-19,21-22,31-36,38-43,45-49,65,77-78H,13-16,20,23-30H2,1-12H3,(H2,62,79)(H,67,84)(H,68,89)(H,69,80)(H,70,86)(H,71,87)(H,72,81)(H,73,82)(H,74,88)(H,75,83)(H,76,85)(H4,63,64,66)/t32-,33-,34+,35-,36-,38-,39+,40+,41-,42-,43-,45-,46-,47+,48-,49+/m0/s1. The van der Waals surface area contributed by atoms with Crippen LogP contribution in [0.15, 0.2) is 30.3 Å². The molecule has 2 rings (SSSR count). The third kappa shape index (κ3) is 26.0. The highest BCUT2D eigenvalue weighted by Crippen LogP contribution is 2.18. The highest BCUT2D eigenvalue weighted by molar-refractivity contribution is 5.99. The zero-order valence-corrected chi connectivity index (χ0v) is 54.8. The molecule has 1 aliphatic rings. The molecule has 0 aromatic heterocycles. The second-order valence-electron chi connectivity index (χ2n) is 23.9. The summed E-state index contributed by atoms with van der Waals surface area (Å²) in [5.41, 5.74) is 11.8. The van der Waals surface area contributed by atoms with E-state index in [1.807, 2.05) is 44.2 Å². The van der Waals surface area contributed by atoms with Crippen LogP contribution < -0.4 is 75.3 Å². The molecule has 1 aromatic rings. The summed E-state index contributed by atoms with van der Waals surface area (Å²) in [5.74, 6) is -13.7. The van der Waals surface area contributed by atoms with Crippen LogP contribution in [-0.4, -0.2) is 186 Å². The molecule has 16 atom stereocenters. The summed E-state index contributed by atoms with van der Waals surface area (Å²) in [4.78, 5) is 167. The number of esters is 1. The fraction of sp³-hybridized carbons (Fsp3) is 0.689. The third-order valence-electron chi connectivity index (χ3n) is 16.3. The first-order chi connectivity index (χ1) is 42.9. The summed E-state index contributed by atoms with van der Waals surface area (Å²) in [6, 6.07) is -6.43. The molecular weight excluding hydrogens is 1180 g/mol. The Bertz CT molecular complexity index is 2620. The largest absolute Gasteiger partial charge is 0.458 e. The summed E-state index contributed by atoms with van der Waals surface area (Å²) < 4.78 is 5.78. The van der Waals surface area contributed by atoms with E-state index in [9.17, 15) is 67.7 Å². The zero-order valence-electron chi connectivity index (χ0n) is 54.8. The molecule has 30 nitrogen and oxygen atoms in total. The van der Waals surface area contributed by atoms with Gasteiger partial charge in [0.2, 0.25) is 65.0 Å². The first kappa shape index (κ1) is 79.1. The van der Waals surface area contributed by atoms with Gasteiger partial charge >= 0.3 is 5.97 Å². The predicted octanol–water partition coefficient (Wildman–Crippen LogP) is -2.65. The average molecular weight is 1290 g/mol. The van der Waals surface area contributed by atoms with Gasteiger partial charge in [-0.1, -0.05) is 125 Å². The SMILES string of the molecule is CC[C@@H](C)[C@@H](NC(=O)[C@@H](CCC(N)=O)NC(=O)[C@H](CO)NC(=O)[C@@H](NC(=O)[C@@H](Cc1ccccc1)NC)[C@@H](C)CC)C(=O)N[C@H](C(=O)N[C@@H](CO)C(=O)N[C@H]1C(=O)N[C@@H](CCCNC(=N)N)C(=O)N[C@@H](CC(C)C)C(=O)N[C@@H]([C@@H](C)CC)C(=O)O[C@H]1C)[C@@H](C)CC. The Labute approximate surface area is 533 Å². The first-order valence-electron chi connectivity index (χ1n) is 31.4. The smallest absolute Gasteiger partial charge is 0.329 e. The van der Waals surface area contributed by atoms with Gasteiger partial charge in [0.25, 0.3) is 0 Å². The highest BCUT2D eigenvalue weighted by atomic mass is 16.5. The Morgan fingerprint density at radius 1 is 0.604 bits per heavy atom. The number of hydrogen-bond donors (Lipinski definition) is 17. The monoisotopic (exact) mass is 1290 g/mol. The molecule has 0 saturated carbocycles. The van der Waals surface area contributed by atoms with E-state index in [1.165, 1.54) is 6.92 Å². The number of nitrogens with one attached hydrogen (secondary N) is 13. The predicted molar refractivity (Wildman–Crippen MR) is 337 cm³/mol. The Hall–Kier alpha value is -7.99. The lowest BCUT2D eigenvalue weighted by molar-refractivity contribution is -0.157. The number of aliphatic hydroxyl groups excluding tert-OH is 2. The van der Waals surface area contributed by atoms with Crippen molar-refractivity contribution in [3.05, 3.63) is 35.9 Å². The lowest BCUT2D eigenvalue weighted by Gasteiger charge is -2.31. The lowest BCUT2D eigenvalue weighted by Crippen LogP contribution is -2.63. The van der Waals surface area contributed by atoms with E-state index in [1.54, 1.807) is 62.4 Å². The quantitative estimate of drug-likeness (QED) is 0.0141. The lowest BCUT2D eigenvalue weighted by atomic mass is 9.94. The minimum Gasteiger partial charge on any atom is -0.458 e. The molecular formula is C61H103N15O15. The van der Waals surface area contributed by atoms with Gasteiger partial charge < -0.3 is 90.2 Å². The number of carbonyl (C=O) groups is 12. The topological polar surface area (TPSA) is 475 Å². The van der Waals surface area contributed by atoms with Crippen LogP contribution in [0.1, 0.15) is 140 Å². The van der Waals surface area contributed by atoms with Gasteiger partial charge in [0.1, 0.15) is 66.5 Å². The second kappa shape index (κ2) is 40.0. The third-order valence-corrected chi connectivity index (χ3v) is 16.3.